The Morgan fingerprint density at radius 3 is 2.25 bits per heavy atom. The molecule has 2 nitrogen and oxygen atoms in total. The maximum Gasteiger partial charge on any atom is 0.125 e. The molecule has 0 fully saturated rings. The molecule has 2 rings (SSSR count). The van der Waals surface area contributed by atoms with Crippen LogP contribution in [0, 0.1) is 6.92 Å². The maximum atomic E-state index is 4.36. The van der Waals surface area contributed by atoms with E-state index < -0.39 is 0 Å². The van der Waals surface area contributed by atoms with Crippen LogP contribution in [0.1, 0.15) is 33.4 Å². The molecule has 0 radical (unpaired) electrons. The molecule has 0 bridgehead atoms. The number of rotatable bonds is 1. The van der Waals surface area contributed by atoms with E-state index in [0.717, 1.165) is 16.3 Å². The molecular formula is C13H20N2S. The van der Waals surface area contributed by atoms with Gasteiger partial charge >= 0.3 is 0 Å². The van der Waals surface area contributed by atoms with Gasteiger partial charge in [-0.3, -0.25) is 4.98 Å². The first-order valence-electron chi connectivity index (χ1n) is 5.69. The topological polar surface area (TPSA) is 25.8 Å². The quantitative estimate of drug-likeness (QED) is 0.725. The molecule has 88 valence electrons. The van der Waals surface area contributed by atoms with Crippen LogP contribution in [-0.2, 0) is 0 Å². The van der Waals surface area contributed by atoms with Crippen molar-refractivity contribution in [3.05, 3.63) is 35.6 Å². The van der Waals surface area contributed by atoms with Gasteiger partial charge in [0.1, 0.15) is 5.01 Å². The molecule has 0 aliphatic rings. The third-order valence-corrected chi connectivity index (χ3v) is 2.54. The second-order valence-electron chi connectivity index (χ2n) is 2.54. The fraction of sp³-hybridized carbons (Fsp3) is 0.385. The van der Waals surface area contributed by atoms with Gasteiger partial charge in [-0.05, 0) is 19.1 Å². The smallest absolute Gasteiger partial charge is 0.125 e. The molecule has 0 spiro atoms. The highest BCUT2D eigenvalue weighted by atomic mass is 32.1. The molecule has 16 heavy (non-hydrogen) atoms. The van der Waals surface area contributed by atoms with Crippen LogP contribution in [0.15, 0.2) is 29.9 Å². The van der Waals surface area contributed by atoms with Gasteiger partial charge < -0.3 is 0 Å². The molecule has 0 amide bonds. The number of nitrogens with zero attached hydrogens (tertiary/aromatic N) is 2. The minimum atomic E-state index is 1.04. The van der Waals surface area contributed by atoms with Crippen LogP contribution >= 0.6 is 11.3 Å². The normalized spacial score (nSPS) is 8.31. The van der Waals surface area contributed by atoms with E-state index in [-0.39, 0.29) is 0 Å². The molecule has 0 atom stereocenters. The van der Waals surface area contributed by atoms with Crippen LogP contribution < -0.4 is 0 Å². The van der Waals surface area contributed by atoms with Gasteiger partial charge in [0.25, 0.3) is 0 Å². The molecule has 0 N–H and O–H groups in total. The fourth-order valence-corrected chi connectivity index (χ4v) is 1.76. The van der Waals surface area contributed by atoms with E-state index >= 15 is 0 Å². The Labute approximate surface area is 102 Å². The van der Waals surface area contributed by atoms with E-state index in [1.165, 1.54) is 0 Å². The highest BCUT2D eigenvalue weighted by Gasteiger charge is 2.00. The van der Waals surface area contributed by atoms with Gasteiger partial charge in [-0.2, -0.15) is 0 Å². The number of pyridine rings is 1. The van der Waals surface area contributed by atoms with Gasteiger partial charge in [-0.25, -0.2) is 4.98 Å². The number of hydrogen-bond donors (Lipinski definition) is 0. The molecule has 0 aliphatic carbocycles. The molecule has 0 aliphatic heterocycles. The number of thiazole rings is 1. The number of hydrogen-bond acceptors (Lipinski definition) is 3. The minimum absolute atomic E-state index is 1.04. The molecule has 0 saturated heterocycles. The Morgan fingerprint density at radius 2 is 1.81 bits per heavy atom. The summed E-state index contributed by atoms with van der Waals surface area (Å²) < 4.78 is 0. The van der Waals surface area contributed by atoms with Crippen molar-refractivity contribution in [2.75, 3.05) is 0 Å². The van der Waals surface area contributed by atoms with Crippen LogP contribution in [0.25, 0.3) is 10.6 Å². The summed E-state index contributed by atoms with van der Waals surface area (Å²) in [5.41, 5.74) is 2.16. The molecular weight excluding hydrogens is 216 g/mol. The second kappa shape index (κ2) is 9.04. The third kappa shape index (κ3) is 4.53. The molecule has 0 unspecified atom stereocenters. The van der Waals surface area contributed by atoms with Crippen molar-refractivity contribution in [2.45, 2.75) is 34.6 Å². The van der Waals surface area contributed by atoms with Crippen molar-refractivity contribution in [1.82, 2.24) is 9.97 Å². The first-order chi connectivity index (χ1) is 7.86. The first-order valence-corrected chi connectivity index (χ1v) is 6.57. The van der Waals surface area contributed by atoms with Crippen LogP contribution in [-0.4, -0.2) is 9.97 Å². The van der Waals surface area contributed by atoms with E-state index in [1.54, 1.807) is 17.5 Å². The summed E-state index contributed by atoms with van der Waals surface area (Å²) in [6.45, 7) is 10.00. The van der Waals surface area contributed by atoms with Crippen molar-refractivity contribution in [3.8, 4) is 10.6 Å². The van der Waals surface area contributed by atoms with E-state index in [1.807, 2.05) is 58.3 Å². The van der Waals surface area contributed by atoms with Crippen LogP contribution in [0.3, 0.4) is 0 Å². The van der Waals surface area contributed by atoms with Gasteiger partial charge in [0.2, 0.25) is 0 Å². The molecule has 3 heteroatoms. The Kier molecular flexibility index (Phi) is 8.35. The van der Waals surface area contributed by atoms with Gasteiger partial charge in [-0.15, -0.1) is 11.3 Å². The summed E-state index contributed by atoms with van der Waals surface area (Å²) in [6.07, 6.45) is 3.60. The zero-order valence-electron chi connectivity index (χ0n) is 10.7. The zero-order chi connectivity index (χ0) is 12.4. The van der Waals surface area contributed by atoms with E-state index in [2.05, 4.69) is 9.97 Å². The number of aromatic nitrogens is 2. The molecule has 2 heterocycles. The lowest BCUT2D eigenvalue weighted by Crippen LogP contribution is -1.77. The largest absolute Gasteiger partial charge is 0.264 e. The molecule has 2 aromatic rings. The maximum absolute atomic E-state index is 4.36. The fourth-order valence-electron chi connectivity index (χ4n) is 0.976. The predicted molar refractivity (Wildman–Crippen MR) is 72.8 cm³/mol. The SMILES string of the molecule is CC.CC.Cc1csc(-c2cccnc2)n1. The van der Waals surface area contributed by atoms with Gasteiger partial charge in [0.15, 0.2) is 0 Å². The van der Waals surface area contributed by atoms with Crippen LogP contribution in [0.5, 0.6) is 0 Å². The third-order valence-electron chi connectivity index (χ3n) is 1.53. The van der Waals surface area contributed by atoms with E-state index in [4.69, 9.17) is 0 Å². The summed E-state index contributed by atoms with van der Waals surface area (Å²) in [5, 5.41) is 3.09. The Morgan fingerprint density at radius 1 is 1.12 bits per heavy atom. The highest BCUT2D eigenvalue weighted by Crippen LogP contribution is 2.21. The Hall–Kier alpha value is -1.22. The average Bonchev–Trinajstić information content (AvgIpc) is 2.82. The monoisotopic (exact) mass is 236 g/mol. The summed E-state index contributed by atoms with van der Waals surface area (Å²) >= 11 is 1.65. The molecule has 2 aromatic heterocycles. The highest BCUT2D eigenvalue weighted by molar-refractivity contribution is 7.13. The first kappa shape index (κ1) is 14.8. The van der Waals surface area contributed by atoms with Gasteiger partial charge in [-0.1, -0.05) is 27.7 Å². The lowest BCUT2D eigenvalue weighted by molar-refractivity contribution is 1.25. The average molecular weight is 236 g/mol. The number of aryl methyl sites for hydroxylation is 1. The van der Waals surface area contributed by atoms with Crippen molar-refractivity contribution in [1.29, 1.82) is 0 Å². The van der Waals surface area contributed by atoms with Gasteiger partial charge in [0.05, 0.1) is 0 Å². The summed E-state index contributed by atoms with van der Waals surface area (Å²) in [7, 11) is 0. The lowest BCUT2D eigenvalue weighted by atomic mass is 10.3. The standard InChI is InChI=1S/C9H8N2S.2C2H6/c1-7-6-12-9(11-7)8-3-2-4-10-5-8;2*1-2/h2-6H,1H3;2*1-2H3. The van der Waals surface area contributed by atoms with Crippen LogP contribution in [0.4, 0.5) is 0 Å². The Bertz CT molecular complexity index is 368. The molecule has 0 saturated carbocycles. The Balaban J connectivity index is 0.000000509. The minimum Gasteiger partial charge on any atom is -0.264 e. The second-order valence-corrected chi connectivity index (χ2v) is 3.39. The van der Waals surface area contributed by atoms with Crippen molar-refractivity contribution >= 4 is 11.3 Å². The van der Waals surface area contributed by atoms with Crippen molar-refractivity contribution < 1.29 is 0 Å². The van der Waals surface area contributed by atoms with E-state index in [0.29, 0.717) is 0 Å². The summed E-state index contributed by atoms with van der Waals surface area (Å²) in [4.78, 5) is 8.40. The van der Waals surface area contributed by atoms with E-state index in [9.17, 15) is 0 Å². The summed E-state index contributed by atoms with van der Waals surface area (Å²) in [6, 6.07) is 3.94. The van der Waals surface area contributed by atoms with Crippen LogP contribution in [0.2, 0.25) is 0 Å². The molecule has 0 aromatic carbocycles. The van der Waals surface area contributed by atoms with Gasteiger partial charge in [0, 0.05) is 29.0 Å². The lowest BCUT2D eigenvalue weighted by Gasteiger charge is -1.91. The summed E-state index contributed by atoms with van der Waals surface area (Å²) in [5.74, 6) is 0. The predicted octanol–water partition coefficient (Wildman–Crippen LogP) is 4.57. The van der Waals surface area contributed by atoms with Crippen molar-refractivity contribution in [2.24, 2.45) is 0 Å². The van der Waals surface area contributed by atoms with Crippen molar-refractivity contribution in [3.63, 3.8) is 0 Å². The zero-order valence-corrected chi connectivity index (χ0v) is 11.5.